The van der Waals surface area contributed by atoms with Gasteiger partial charge in [0, 0.05) is 47.6 Å². The highest BCUT2D eigenvalue weighted by molar-refractivity contribution is 7.25. The SMILES string of the molecule is [2H]c1c([2H])c([2H])c2c(c1[2H])c1c([2H])c([2H])c([2H])c([2H])c1n2-c1cc(-c2ccc3sc4ccccc4c3c2)ccc1-c1nc(-c2ccccc2)nc(-c2cccc(-c3ccccc3)c2)n1. The fourth-order valence-electron chi connectivity index (χ4n) is 7.46. The minimum Gasteiger partial charge on any atom is -0.308 e. The molecule has 0 saturated carbocycles. The van der Waals surface area contributed by atoms with E-state index in [-0.39, 0.29) is 27.6 Å². The molecule has 0 atom stereocenters. The van der Waals surface area contributed by atoms with Gasteiger partial charge in [0.25, 0.3) is 0 Å². The van der Waals surface area contributed by atoms with Gasteiger partial charge >= 0.3 is 0 Å². The van der Waals surface area contributed by atoms with Crippen LogP contribution in [-0.2, 0) is 0 Å². The summed E-state index contributed by atoms with van der Waals surface area (Å²) in [4.78, 5) is 15.2. The van der Waals surface area contributed by atoms with Crippen LogP contribution in [0.1, 0.15) is 11.0 Å². The third-order valence-corrected chi connectivity index (χ3v) is 11.3. The van der Waals surface area contributed by atoms with Crippen molar-refractivity contribution in [2.75, 3.05) is 0 Å². The maximum Gasteiger partial charge on any atom is 0.166 e. The molecule has 0 fully saturated rings. The average Bonchev–Trinajstić information content (AvgIpc) is 3.91. The number of hydrogen-bond donors (Lipinski definition) is 0. The van der Waals surface area contributed by atoms with Crippen LogP contribution < -0.4 is 0 Å². The maximum atomic E-state index is 9.35. The number of hydrogen-bond acceptors (Lipinski definition) is 4. The number of fused-ring (bicyclic) bond motifs is 6. The minimum absolute atomic E-state index is 0.00111. The van der Waals surface area contributed by atoms with Crippen molar-refractivity contribution >= 4 is 53.3 Å². The normalized spacial score (nSPS) is 13.6. The molecule has 3 heterocycles. The molecule has 11 rings (SSSR count). The fraction of sp³-hybridized carbons (Fsp3) is 0. The van der Waals surface area contributed by atoms with Crippen molar-refractivity contribution < 1.29 is 11.0 Å². The van der Waals surface area contributed by atoms with Crippen molar-refractivity contribution in [3.05, 3.63) is 194 Å². The zero-order valence-corrected chi connectivity index (χ0v) is 30.4. The third kappa shape index (κ3) is 5.48. The van der Waals surface area contributed by atoms with Crippen molar-refractivity contribution in [3.63, 3.8) is 0 Å². The predicted molar refractivity (Wildman–Crippen MR) is 234 cm³/mol. The second-order valence-corrected chi connectivity index (χ2v) is 14.5. The second-order valence-electron chi connectivity index (χ2n) is 13.4. The van der Waals surface area contributed by atoms with Crippen molar-refractivity contribution in [2.45, 2.75) is 0 Å². The molecule has 3 aromatic heterocycles. The summed E-state index contributed by atoms with van der Waals surface area (Å²) in [7, 11) is 0. The fourth-order valence-corrected chi connectivity index (χ4v) is 8.55. The van der Waals surface area contributed by atoms with Crippen LogP contribution in [0.4, 0.5) is 0 Å². The maximum absolute atomic E-state index is 9.35. The van der Waals surface area contributed by atoms with Crippen LogP contribution in [-0.4, -0.2) is 19.5 Å². The van der Waals surface area contributed by atoms with E-state index in [1.165, 1.54) is 0 Å². The largest absolute Gasteiger partial charge is 0.308 e. The highest BCUT2D eigenvalue weighted by atomic mass is 32.1. The minimum atomic E-state index is -0.512. The van der Waals surface area contributed by atoms with E-state index < -0.39 is 48.3 Å². The van der Waals surface area contributed by atoms with E-state index in [1.54, 1.807) is 15.9 Å². The Bertz CT molecular complexity index is 3640. The predicted octanol–water partition coefficient (Wildman–Crippen LogP) is 13.7. The molecule has 0 N–H and O–H groups in total. The Labute approximate surface area is 338 Å². The summed E-state index contributed by atoms with van der Waals surface area (Å²) in [6.07, 6.45) is 0. The van der Waals surface area contributed by atoms with Gasteiger partial charge in [0.15, 0.2) is 17.5 Å². The lowest BCUT2D eigenvalue weighted by Crippen LogP contribution is -2.04. The quantitative estimate of drug-likeness (QED) is 0.170. The molecule has 5 heteroatoms. The molecule has 0 spiro atoms. The Kier molecular flexibility index (Phi) is 5.92. The summed E-state index contributed by atoms with van der Waals surface area (Å²) < 4.78 is 75.8. The van der Waals surface area contributed by atoms with Gasteiger partial charge in [0.2, 0.25) is 0 Å². The average molecular weight is 741 g/mol. The van der Waals surface area contributed by atoms with E-state index in [4.69, 9.17) is 23.2 Å². The van der Waals surface area contributed by atoms with Crippen LogP contribution in [0.15, 0.2) is 194 Å². The monoisotopic (exact) mass is 740 g/mol. The van der Waals surface area contributed by atoms with Crippen LogP contribution in [0, 0.1) is 0 Å². The molecule has 11 aromatic rings. The second kappa shape index (κ2) is 13.3. The lowest BCUT2D eigenvalue weighted by atomic mass is 9.99. The van der Waals surface area contributed by atoms with Crippen molar-refractivity contribution in [1.82, 2.24) is 19.5 Å². The molecule has 0 unspecified atom stereocenters. The first-order valence-corrected chi connectivity index (χ1v) is 18.9. The van der Waals surface area contributed by atoms with Gasteiger partial charge in [0.05, 0.1) is 27.7 Å². The van der Waals surface area contributed by atoms with Crippen LogP contribution in [0.5, 0.6) is 0 Å². The highest BCUT2D eigenvalue weighted by Gasteiger charge is 2.21. The molecule has 0 aliphatic carbocycles. The van der Waals surface area contributed by atoms with Gasteiger partial charge in [-0.25, -0.2) is 15.0 Å². The van der Waals surface area contributed by atoms with E-state index >= 15 is 0 Å². The summed E-state index contributed by atoms with van der Waals surface area (Å²) in [5, 5.41) is 2.17. The molecule has 262 valence electrons. The van der Waals surface area contributed by atoms with Crippen LogP contribution in [0.3, 0.4) is 0 Å². The third-order valence-electron chi connectivity index (χ3n) is 10.1. The molecule has 56 heavy (non-hydrogen) atoms. The molecule has 0 bridgehead atoms. The van der Waals surface area contributed by atoms with Crippen molar-refractivity contribution in [3.8, 4) is 62.1 Å². The topological polar surface area (TPSA) is 43.6 Å². The zero-order valence-electron chi connectivity index (χ0n) is 37.6. The molecule has 8 aromatic carbocycles. The van der Waals surface area contributed by atoms with Gasteiger partial charge in [-0.2, -0.15) is 0 Å². The Morgan fingerprint density at radius 1 is 0.393 bits per heavy atom. The summed E-state index contributed by atoms with van der Waals surface area (Å²) in [5.74, 6) is 1.02. The molecule has 0 aliphatic heterocycles. The van der Waals surface area contributed by atoms with Gasteiger partial charge in [0.1, 0.15) is 0 Å². The number of benzene rings is 8. The lowest BCUT2D eigenvalue weighted by Gasteiger charge is -2.16. The highest BCUT2D eigenvalue weighted by Crippen LogP contribution is 2.40. The lowest BCUT2D eigenvalue weighted by molar-refractivity contribution is 1.06. The number of rotatable bonds is 6. The summed E-state index contributed by atoms with van der Waals surface area (Å²) in [6.45, 7) is 0. The van der Waals surface area contributed by atoms with Gasteiger partial charge < -0.3 is 4.57 Å². The Morgan fingerprint density at radius 3 is 1.71 bits per heavy atom. The van der Waals surface area contributed by atoms with Gasteiger partial charge in [-0.3, -0.25) is 0 Å². The molecule has 0 saturated heterocycles. The van der Waals surface area contributed by atoms with Crippen LogP contribution in [0.2, 0.25) is 0 Å². The van der Waals surface area contributed by atoms with E-state index in [0.717, 1.165) is 53.6 Å². The smallest absolute Gasteiger partial charge is 0.166 e. The standard InChI is InChI=1S/C51H32N4S/c1-3-14-33(15-4-1)35-18-13-19-38(30-35)50-52-49(34-16-5-2-6-17-34)53-51(54-50)42-28-26-37(36-27-29-48-43(31-36)41-22-9-12-25-47(41)56-48)32-46(42)55-44-23-10-7-20-39(44)40-21-8-11-24-45(40)55/h1-32H/i7D,8D,10D,11D,20D,21D,23D,24D. The molecular weight excluding hydrogens is 701 g/mol. The van der Waals surface area contributed by atoms with E-state index in [2.05, 4.69) is 24.3 Å². The first-order chi connectivity index (χ1) is 31.1. The summed E-state index contributed by atoms with van der Waals surface area (Å²) >= 11 is 1.71. The number of para-hydroxylation sites is 2. The van der Waals surface area contributed by atoms with Gasteiger partial charge in [-0.1, -0.05) is 145 Å². The number of nitrogens with zero attached hydrogens (tertiary/aromatic N) is 4. The van der Waals surface area contributed by atoms with Gasteiger partial charge in [-0.05, 0) is 70.7 Å². The van der Waals surface area contributed by atoms with Crippen LogP contribution >= 0.6 is 11.3 Å². The van der Waals surface area contributed by atoms with E-state index in [1.807, 2.05) is 121 Å². The Morgan fingerprint density at radius 2 is 0.946 bits per heavy atom. The molecule has 0 aliphatic rings. The summed E-state index contributed by atoms with van der Waals surface area (Å²) in [6, 6.07) is 44.0. The summed E-state index contributed by atoms with van der Waals surface area (Å²) in [5.41, 5.74) is 5.86. The zero-order chi connectivity index (χ0) is 44.0. The molecule has 4 nitrogen and oxygen atoms in total. The first-order valence-electron chi connectivity index (χ1n) is 22.1. The van der Waals surface area contributed by atoms with E-state index in [9.17, 15) is 2.74 Å². The number of thiophene rings is 1. The van der Waals surface area contributed by atoms with Crippen LogP contribution in [0.25, 0.3) is 104 Å². The molecular formula is C51H32N4S. The van der Waals surface area contributed by atoms with Crippen molar-refractivity contribution in [2.24, 2.45) is 0 Å². The Hall–Kier alpha value is -7.21. The first kappa shape index (κ1) is 25.0. The molecule has 0 amide bonds. The van der Waals surface area contributed by atoms with E-state index in [0.29, 0.717) is 22.9 Å². The Balaban J connectivity index is 1.25. The molecule has 0 radical (unpaired) electrons. The van der Waals surface area contributed by atoms with Gasteiger partial charge in [-0.15, -0.1) is 11.3 Å². The number of aromatic nitrogens is 4. The van der Waals surface area contributed by atoms with Crippen molar-refractivity contribution in [1.29, 1.82) is 0 Å².